The highest BCUT2D eigenvalue weighted by Crippen LogP contribution is 2.29. The lowest BCUT2D eigenvalue weighted by Gasteiger charge is -2.09. The van der Waals surface area contributed by atoms with Gasteiger partial charge in [0.1, 0.15) is 4.48 Å². The number of carboxylic acids is 1. The first-order valence-corrected chi connectivity index (χ1v) is 6.23. The molecule has 0 spiro atoms. The molecule has 0 heterocycles. The second-order valence-corrected chi connectivity index (χ2v) is 4.52. The normalized spacial score (nSPS) is 9.83. The van der Waals surface area contributed by atoms with Gasteiger partial charge in [0.15, 0.2) is 0 Å². The highest BCUT2D eigenvalue weighted by atomic mass is 79.9. The minimum Gasteiger partial charge on any atom is -0.477 e. The van der Waals surface area contributed by atoms with Crippen LogP contribution in [-0.2, 0) is 4.79 Å². The first-order valence-electron chi connectivity index (χ1n) is 5.44. The quantitative estimate of drug-likeness (QED) is 0.872. The topological polar surface area (TPSA) is 37.3 Å². The number of carboxylic acid groups (broad SMARTS) is 1. The van der Waals surface area contributed by atoms with Crippen molar-refractivity contribution in [1.82, 2.24) is 0 Å². The highest BCUT2D eigenvalue weighted by molar-refractivity contribution is 9.12. The largest absolute Gasteiger partial charge is 0.477 e. The van der Waals surface area contributed by atoms with Gasteiger partial charge in [0.05, 0.1) is 0 Å². The molecule has 2 nitrogen and oxygen atoms in total. The Balaban J connectivity index is 2.64. The van der Waals surface area contributed by atoms with E-state index >= 15 is 0 Å². The number of carbonyl (C=O) groups is 1. The number of halogens is 1. The van der Waals surface area contributed by atoms with E-state index in [1.54, 1.807) is 0 Å². The number of hydrogen-bond acceptors (Lipinski definition) is 1. The number of benzene rings is 2. The van der Waals surface area contributed by atoms with E-state index in [1.807, 2.05) is 60.7 Å². The van der Waals surface area contributed by atoms with E-state index in [-0.39, 0.29) is 4.48 Å². The predicted octanol–water partition coefficient (Wildman–Crippen LogP) is 3.93. The van der Waals surface area contributed by atoms with Crippen LogP contribution in [0.2, 0.25) is 0 Å². The van der Waals surface area contributed by atoms with Crippen molar-refractivity contribution >= 4 is 27.5 Å². The zero-order chi connectivity index (χ0) is 13.0. The average Bonchev–Trinajstić information content (AvgIpc) is 2.41. The maximum Gasteiger partial charge on any atom is 0.343 e. The molecule has 0 amide bonds. The fraction of sp³-hybridized carbons (Fsp3) is 0. The first-order chi connectivity index (χ1) is 8.70. The maximum absolute atomic E-state index is 11.2. The summed E-state index contributed by atoms with van der Waals surface area (Å²) in [6, 6.07) is 18.9. The monoisotopic (exact) mass is 302 g/mol. The molecule has 90 valence electrons. The third kappa shape index (κ3) is 2.68. The summed E-state index contributed by atoms with van der Waals surface area (Å²) in [5, 5.41) is 9.17. The Kier molecular flexibility index (Phi) is 3.95. The molecule has 2 aromatic rings. The zero-order valence-electron chi connectivity index (χ0n) is 9.51. The Labute approximate surface area is 114 Å². The van der Waals surface area contributed by atoms with Crippen molar-refractivity contribution < 1.29 is 9.90 Å². The molecule has 0 atom stereocenters. The molecule has 0 aliphatic carbocycles. The average molecular weight is 303 g/mol. The van der Waals surface area contributed by atoms with Gasteiger partial charge in [-0.05, 0) is 27.1 Å². The first kappa shape index (κ1) is 12.6. The summed E-state index contributed by atoms with van der Waals surface area (Å²) < 4.78 is 0.167. The SMILES string of the molecule is O=C(O)C(Br)=C(c1ccccc1)c1ccccc1. The van der Waals surface area contributed by atoms with E-state index < -0.39 is 5.97 Å². The van der Waals surface area contributed by atoms with E-state index in [0.29, 0.717) is 5.57 Å². The van der Waals surface area contributed by atoms with Gasteiger partial charge in [-0.2, -0.15) is 0 Å². The highest BCUT2D eigenvalue weighted by Gasteiger charge is 2.14. The molecule has 1 N–H and O–H groups in total. The molecule has 2 rings (SSSR count). The van der Waals surface area contributed by atoms with Crippen molar-refractivity contribution in [2.75, 3.05) is 0 Å². The van der Waals surface area contributed by atoms with Crippen molar-refractivity contribution in [3.63, 3.8) is 0 Å². The lowest BCUT2D eigenvalue weighted by atomic mass is 9.98. The smallest absolute Gasteiger partial charge is 0.343 e. The molecule has 18 heavy (non-hydrogen) atoms. The fourth-order valence-electron chi connectivity index (χ4n) is 1.74. The van der Waals surface area contributed by atoms with Crippen LogP contribution in [0, 0.1) is 0 Å². The van der Waals surface area contributed by atoms with Crippen LogP contribution in [0.4, 0.5) is 0 Å². The van der Waals surface area contributed by atoms with Crippen LogP contribution in [0.1, 0.15) is 11.1 Å². The van der Waals surface area contributed by atoms with Crippen molar-refractivity contribution in [3.05, 3.63) is 76.3 Å². The van der Waals surface area contributed by atoms with Crippen LogP contribution in [0.25, 0.3) is 5.57 Å². The molecular formula is C15H11BrO2. The molecule has 0 saturated carbocycles. The van der Waals surface area contributed by atoms with E-state index in [0.717, 1.165) is 11.1 Å². The minimum atomic E-state index is -0.974. The van der Waals surface area contributed by atoms with Gasteiger partial charge < -0.3 is 5.11 Å². The van der Waals surface area contributed by atoms with Crippen molar-refractivity contribution in [3.8, 4) is 0 Å². The number of hydrogen-bond donors (Lipinski definition) is 1. The van der Waals surface area contributed by atoms with Crippen LogP contribution in [0.5, 0.6) is 0 Å². The van der Waals surface area contributed by atoms with Crippen LogP contribution in [-0.4, -0.2) is 11.1 Å². The second kappa shape index (κ2) is 5.65. The Bertz CT molecular complexity index is 532. The summed E-state index contributed by atoms with van der Waals surface area (Å²) in [6.45, 7) is 0. The van der Waals surface area contributed by atoms with Crippen molar-refractivity contribution in [1.29, 1.82) is 0 Å². The summed E-state index contributed by atoms with van der Waals surface area (Å²) in [4.78, 5) is 11.2. The van der Waals surface area contributed by atoms with Crippen LogP contribution < -0.4 is 0 Å². The molecule has 0 aliphatic rings. The summed E-state index contributed by atoms with van der Waals surface area (Å²) in [5.74, 6) is -0.974. The summed E-state index contributed by atoms with van der Waals surface area (Å²) in [5.41, 5.74) is 2.43. The Hall–Kier alpha value is -1.87. The van der Waals surface area contributed by atoms with Gasteiger partial charge in [0, 0.05) is 5.57 Å². The van der Waals surface area contributed by atoms with Gasteiger partial charge in [-0.1, -0.05) is 60.7 Å². The van der Waals surface area contributed by atoms with Gasteiger partial charge >= 0.3 is 5.97 Å². The second-order valence-electron chi connectivity index (χ2n) is 3.73. The van der Waals surface area contributed by atoms with Gasteiger partial charge in [0.2, 0.25) is 0 Å². The van der Waals surface area contributed by atoms with E-state index in [4.69, 9.17) is 0 Å². The maximum atomic E-state index is 11.2. The fourth-order valence-corrected chi connectivity index (χ4v) is 2.19. The lowest BCUT2D eigenvalue weighted by molar-refractivity contribution is -0.131. The molecule has 0 radical (unpaired) electrons. The summed E-state index contributed by atoms with van der Waals surface area (Å²) in [7, 11) is 0. The standard InChI is InChI=1S/C15H11BrO2/c16-14(15(17)18)13(11-7-3-1-4-8-11)12-9-5-2-6-10-12/h1-10H,(H,17,18). The van der Waals surface area contributed by atoms with Gasteiger partial charge in [-0.3, -0.25) is 0 Å². The molecular weight excluding hydrogens is 292 g/mol. The Morgan fingerprint density at radius 1 is 0.833 bits per heavy atom. The third-order valence-corrected chi connectivity index (χ3v) is 3.27. The number of aliphatic carboxylic acids is 1. The Morgan fingerprint density at radius 2 is 1.22 bits per heavy atom. The molecule has 0 bridgehead atoms. The zero-order valence-corrected chi connectivity index (χ0v) is 11.1. The van der Waals surface area contributed by atoms with E-state index in [2.05, 4.69) is 15.9 Å². The molecule has 3 heteroatoms. The number of rotatable bonds is 3. The Morgan fingerprint density at radius 3 is 1.56 bits per heavy atom. The third-order valence-electron chi connectivity index (χ3n) is 2.53. The van der Waals surface area contributed by atoms with Gasteiger partial charge in [-0.25, -0.2) is 4.79 Å². The molecule has 0 aromatic heterocycles. The van der Waals surface area contributed by atoms with Gasteiger partial charge in [0.25, 0.3) is 0 Å². The molecule has 0 fully saturated rings. The predicted molar refractivity (Wildman–Crippen MR) is 75.5 cm³/mol. The minimum absolute atomic E-state index is 0.167. The van der Waals surface area contributed by atoms with Crippen molar-refractivity contribution in [2.24, 2.45) is 0 Å². The molecule has 0 unspecified atom stereocenters. The molecule has 2 aromatic carbocycles. The van der Waals surface area contributed by atoms with E-state index in [9.17, 15) is 9.90 Å². The van der Waals surface area contributed by atoms with E-state index in [1.165, 1.54) is 0 Å². The van der Waals surface area contributed by atoms with Gasteiger partial charge in [-0.15, -0.1) is 0 Å². The van der Waals surface area contributed by atoms with Crippen LogP contribution >= 0.6 is 15.9 Å². The lowest BCUT2D eigenvalue weighted by Crippen LogP contribution is -1.99. The molecule has 0 saturated heterocycles. The molecule has 0 aliphatic heterocycles. The van der Waals surface area contributed by atoms with Crippen LogP contribution in [0.15, 0.2) is 65.1 Å². The summed E-state index contributed by atoms with van der Waals surface area (Å²) in [6.07, 6.45) is 0. The van der Waals surface area contributed by atoms with Crippen molar-refractivity contribution in [2.45, 2.75) is 0 Å². The van der Waals surface area contributed by atoms with Crippen LogP contribution in [0.3, 0.4) is 0 Å². The summed E-state index contributed by atoms with van der Waals surface area (Å²) >= 11 is 3.16.